The zero-order chi connectivity index (χ0) is 19.2. The van der Waals surface area contributed by atoms with Crippen LogP contribution < -0.4 is 5.32 Å². The lowest BCUT2D eigenvalue weighted by Gasteiger charge is -2.31. The van der Waals surface area contributed by atoms with Crippen LogP contribution in [0.3, 0.4) is 0 Å². The minimum atomic E-state index is -0.198. The van der Waals surface area contributed by atoms with E-state index in [1.54, 1.807) is 13.3 Å². The Hall–Kier alpha value is -1.37. The van der Waals surface area contributed by atoms with Gasteiger partial charge in [0.2, 0.25) is 5.91 Å². The highest BCUT2D eigenvalue weighted by Gasteiger charge is 2.27. The van der Waals surface area contributed by atoms with Crippen LogP contribution in [0.5, 0.6) is 0 Å². The second-order valence-corrected chi connectivity index (χ2v) is 8.92. The molecule has 3 aliphatic rings. The van der Waals surface area contributed by atoms with Crippen LogP contribution in [0.25, 0.3) is 0 Å². The molecule has 2 aliphatic heterocycles. The number of hydrogen-bond donors (Lipinski definition) is 1. The monoisotopic (exact) mass is 389 g/mol. The molecule has 0 bridgehead atoms. The van der Waals surface area contributed by atoms with Crippen molar-refractivity contribution in [2.45, 2.75) is 39.3 Å². The highest BCUT2D eigenvalue weighted by Crippen LogP contribution is 2.33. The van der Waals surface area contributed by atoms with Gasteiger partial charge in [0.1, 0.15) is 0 Å². The van der Waals surface area contributed by atoms with Gasteiger partial charge in [0.05, 0.1) is 0 Å². The number of nitrogens with one attached hydrogen (secondary N) is 1. The van der Waals surface area contributed by atoms with Crippen LogP contribution in [0.2, 0.25) is 0 Å². The van der Waals surface area contributed by atoms with E-state index in [0.29, 0.717) is 12.5 Å². The quantitative estimate of drug-likeness (QED) is 0.706. The Balaban J connectivity index is 1.41. The zero-order valence-corrected chi connectivity index (χ0v) is 17.4. The molecular weight excluding hydrogens is 358 g/mol. The van der Waals surface area contributed by atoms with Crippen molar-refractivity contribution in [3.05, 3.63) is 34.8 Å². The van der Waals surface area contributed by atoms with E-state index in [4.69, 9.17) is 4.74 Å². The SMILES string of the molecule is COC1N=CC=CC1CNC(=O)C1CCN(SC2=CC(C)CC(C)=C2)CC1. The van der Waals surface area contributed by atoms with Gasteiger partial charge in [-0.3, -0.25) is 9.79 Å². The van der Waals surface area contributed by atoms with Crippen molar-refractivity contribution >= 4 is 24.1 Å². The first-order chi connectivity index (χ1) is 13.0. The molecule has 6 heteroatoms. The molecule has 0 aromatic carbocycles. The Morgan fingerprint density at radius 1 is 1.41 bits per heavy atom. The second kappa shape index (κ2) is 9.71. The first kappa shape index (κ1) is 20.4. The lowest BCUT2D eigenvalue weighted by atomic mass is 9.96. The van der Waals surface area contributed by atoms with Crippen LogP contribution in [0.15, 0.2) is 39.8 Å². The first-order valence-corrected chi connectivity index (χ1v) is 10.6. The molecule has 0 radical (unpaired) electrons. The van der Waals surface area contributed by atoms with Crippen LogP contribution >= 0.6 is 11.9 Å². The Morgan fingerprint density at radius 2 is 2.19 bits per heavy atom. The van der Waals surface area contributed by atoms with Gasteiger partial charge in [0.25, 0.3) is 0 Å². The predicted molar refractivity (Wildman–Crippen MR) is 112 cm³/mol. The third-order valence-corrected chi connectivity index (χ3v) is 6.43. The number of amides is 1. The molecule has 0 spiro atoms. The smallest absolute Gasteiger partial charge is 0.223 e. The number of dihydropyridines is 1. The number of hydrogen-bond acceptors (Lipinski definition) is 5. The molecule has 3 unspecified atom stereocenters. The summed E-state index contributed by atoms with van der Waals surface area (Å²) >= 11 is 1.85. The Kier molecular flexibility index (Phi) is 7.33. The molecule has 1 amide bonds. The number of methoxy groups -OCH3 is 1. The molecule has 0 aromatic heterocycles. The van der Waals surface area contributed by atoms with Gasteiger partial charge >= 0.3 is 0 Å². The summed E-state index contributed by atoms with van der Waals surface area (Å²) in [5.41, 5.74) is 1.46. The Morgan fingerprint density at radius 3 is 2.89 bits per heavy atom. The molecule has 0 aromatic rings. The summed E-state index contributed by atoms with van der Waals surface area (Å²) in [6.07, 6.45) is 13.2. The van der Waals surface area contributed by atoms with Crippen molar-refractivity contribution in [3.63, 3.8) is 0 Å². The van der Waals surface area contributed by atoms with Gasteiger partial charge in [-0.25, -0.2) is 4.31 Å². The highest BCUT2D eigenvalue weighted by molar-refractivity contribution is 8.01. The van der Waals surface area contributed by atoms with Gasteiger partial charge in [-0.2, -0.15) is 0 Å². The van der Waals surface area contributed by atoms with Crippen LogP contribution in [-0.2, 0) is 9.53 Å². The molecule has 1 fully saturated rings. The third-order valence-electron chi connectivity index (χ3n) is 5.34. The largest absolute Gasteiger partial charge is 0.359 e. The summed E-state index contributed by atoms with van der Waals surface area (Å²) in [5.74, 6) is 0.999. The molecule has 1 aliphatic carbocycles. The van der Waals surface area contributed by atoms with Gasteiger partial charge < -0.3 is 10.1 Å². The van der Waals surface area contributed by atoms with Crippen molar-refractivity contribution in [1.29, 1.82) is 0 Å². The van der Waals surface area contributed by atoms with Gasteiger partial charge in [-0.15, -0.1) is 0 Å². The molecule has 27 heavy (non-hydrogen) atoms. The van der Waals surface area contributed by atoms with Crippen LogP contribution in [0, 0.1) is 17.8 Å². The average Bonchev–Trinajstić information content (AvgIpc) is 2.66. The van der Waals surface area contributed by atoms with Crippen molar-refractivity contribution < 1.29 is 9.53 Å². The van der Waals surface area contributed by atoms with E-state index in [1.165, 1.54) is 10.5 Å². The van der Waals surface area contributed by atoms with Gasteiger partial charge in [0, 0.05) is 49.7 Å². The number of allylic oxidation sites excluding steroid dienone is 4. The lowest BCUT2D eigenvalue weighted by molar-refractivity contribution is -0.126. The van der Waals surface area contributed by atoms with E-state index < -0.39 is 0 Å². The summed E-state index contributed by atoms with van der Waals surface area (Å²) < 4.78 is 7.76. The molecule has 1 N–H and O–H groups in total. The number of rotatable bonds is 6. The third kappa shape index (κ3) is 5.80. The van der Waals surface area contributed by atoms with Crippen LogP contribution in [0.4, 0.5) is 0 Å². The van der Waals surface area contributed by atoms with Crippen molar-refractivity contribution in [2.24, 2.45) is 22.7 Å². The minimum absolute atomic E-state index is 0.106. The molecule has 2 heterocycles. The van der Waals surface area contributed by atoms with E-state index in [1.807, 2.05) is 18.0 Å². The maximum absolute atomic E-state index is 12.6. The number of piperidine rings is 1. The molecule has 0 saturated carbocycles. The number of carbonyl (C=O) groups excluding carboxylic acids is 1. The van der Waals surface area contributed by atoms with Crippen LogP contribution in [-0.4, -0.2) is 49.4 Å². The average molecular weight is 390 g/mol. The zero-order valence-electron chi connectivity index (χ0n) is 16.6. The van der Waals surface area contributed by atoms with Crippen molar-refractivity contribution in [2.75, 3.05) is 26.7 Å². The summed E-state index contributed by atoms with van der Waals surface area (Å²) in [6, 6.07) is 0. The van der Waals surface area contributed by atoms with Crippen molar-refractivity contribution in [3.8, 4) is 0 Å². The fourth-order valence-electron chi connectivity index (χ4n) is 3.91. The van der Waals surface area contributed by atoms with E-state index in [9.17, 15) is 4.79 Å². The highest BCUT2D eigenvalue weighted by atomic mass is 32.2. The van der Waals surface area contributed by atoms with E-state index >= 15 is 0 Å². The summed E-state index contributed by atoms with van der Waals surface area (Å²) in [6.45, 7) is 6.97. The van der Waals surface area contributed by atoms with E-state index in [0.717, 1.165) is 32.4 Å². The molecular formula is C21H31N3O2S. The molecule has 5 nitrogen and oxygen atoms in total. The molecule has 148 valence electrons. The molecule has 3 rings (SSSR count). The standard InChI is InChI=1S/C21H31N3O2S/c1-15-11-16(2)13-19(12-15)27-24-9-6-17(7-10-24)20(25)23-14-18-5-4-8-22-21(18)26-3/h4-5,8,12-13,15,17-18,21H,6-7,9-11,14H2,1-3H3,(H,23,25). The Labute approximate surface area is 167 Å². The maximum Gasteiger partial charge on any atom is 0.223 e. The topological polar surface area (TPSA) is 53.9 Å². The van der Waals surface area contributed by atoms with Gasteiger partial charge in [-0.1, -0.05) is 24.6 Å². The fraction of sp³-hybridized carbons (Fsp3) is 0.619. The van der Waals surface area contributed by atoms with Crippen molar-refractivity contribution in [1.82, 2.24) is 9.62 Å². The summed E-state index contributed by atoms with van der Waals surface area (Å²) in [7, 11) is 1.66. The normalized spacial score (nSPS) is 29.4. The first-order valence-electron chi connectivity index (χ1n) is 9.87. The second-order valence-electron chi connectivity index (χ2n) is 7.75. The van der Waals surface area contributed by atoms with Gasteiger partial charge in [0.15, 0.2) is 6.23 Å². The number of nitrogens with zero attached hydrogens (tertiary/aromatic N) is 2. The number of ether oxygens (including phenoxy) is 1. The number of aliphatic imine (C=N–C) groups is 1. The van der Waals surface area contributed by atoms with E-state index in [2.05, 4.69) is 46.7 Å². The lowest BCUT2D eigenvalue weighted by Crippen LogP contribution is -2.41. The predicted octanol–water partition coefficient (Wildman–Crippen LogP) is 3.56. The summed E-state index contributed by atoms with van der Waals surface area (Å²) in [4.78, 5) is 18.2. The van der Waals surface area contributed by atoms with E-state index in [-0.39, 0.29) is 24.0 Å². The Bertz CT molecular complexity index is 648. The number of carbonyl (C=O) groups is 1. The summed E-state index contributed by atoms with van der Waals surface area (Å²) in [5, 5.41) is 3.10. The van der Waals surface area contributed by atoms with Crippen LogP contribution in [0.1, 0.15) is 33.1 Å². The fourth-order valence-corrected chi connectivity index (χ4v) is 5.15. The molecule has 1 saturated heterocycles. The maximum atomic E-state index is 12.6. The van der Waals surface area contributed by atoms with Gasteiger partial charge in [-0.05, 0) is 56.2 Å². The molecule has 3 atom stereocenters. The minimum Gasteiger partial charge on any atom is -0.359 e.